The lowest BCUT2D eigenvalue weighted by Gasteiger charge is -2.16. The predicted molar refractivity (Wildman–Crippen MR) is 114 cm³/mol. The van der Waals surface area contributed by atoms with Crippen molar-refractivity contribution in [3.63, 3.8) is 0 Å². The van der Waals surface area contributed by atoms with Crippen LogP contribution in [0.15, 0.2) is 53.4 Å². The molecule has 0 aliphatic carbocycles. The Morgan fingerprint density at radius 2 is 1.50 bits per heavy atom. The molecular weight excluding hydrogens is 374 g/mol. The lowest BCUT2D eigenvalue weighted by molar-refractivity contribution is -0.116. The highest BCUT2D eigenvalue weighted by atomic mass is 32.2. The van der Waals surface area contributed by atoms with Crippen LogP contribution in [0.2, 0.25) is 0 Å². The molecule has 0 spiro atoms. The maximum absolute atomic E-state index is 12.4. The Morgan fingerprint density at radius 3 is 2.04 bits per heavy atom. The van der Waals surface area contributed by atoms with Gasteiger partial charge in [0.25, 0.3) is 0 Å². The van der Waals surface area contributed by atoms with E-state index in [-0.39, 0.29) is 16.8 Å². The summed E-state index contributed by atoms with van der Waals surface area (Å²) in [6, 6.07) is 13.5. The Kier molecular flexibility index (Phi) is 7.60. The lowest BCUT2D eigenvalue weighted by Crippen LogP contribution is -2.32. The van der Waals surface area contributed by atoms with Crippen LogP contribution >= 0.6 is 0 Å². The van der Waals surface area contributed by atoms with Crippen LogP contribution in [0.25, 0.3) is 0 Å². The van der Waals surface area contributed by atoms with Gasteiger partial charge >= 0.3 is 0 Å². The molecule has 0 bridgehead atoms. The van der Waals surface area contributed by atoms with Crippen molar-refractivity contribution < 1.29 is 13.2 Å². The molecule has 7 heteroatoms. The van der Waals surface area contributed by atoms with Crippen LogP contribution in [-0.2, 0) is 21.2 Å². The monoisotopic (exact) mass is 403 g/mol. The van der Waals surface area contributed by atoms with E-state index in [0.29, 0.717) is 5.69 Å². The van der Waals surface area contributed by atoms with Gasteiger partial charge in [0.05, 0.1) is 4.90 Å². The molecule has 0 saturated carbocycles. The number of amides is 1. The third-order valence-electron chi connectivity index (χ3n) is 4.09. The fraction of sp³-hybridized carbons (Fsp3) is 0.381. The van der Waals surface area contributed by atoms with Gasteiger partial charge in [0.2, 0.25) is 15.9 Å². The van der Waals surface area contributed by atoms with Crippen LogP contribution in [-0.4, -0.2) is 26.4 Å². The molecule has 0 aromatic heterocycles. The molecule has 0 unspecified atom stereocenters. The van der Waals surface area contributed by atoms with Crippen LogP contribution in [0.3, 0.4) is 0 Å². The van der Waals surface area contributed by atoms with E-state index < -0.39 is 16.1 Å². The number of rotatable bonds is 9. The van der Waals surface area contributed by atoms with Gasteiger partial charge in [-0.25, -0.2) is 13.1 Å². The van der Waals surface area contributed by atoms with Crippen LogP contribution in [0.4, 0.5) is 11.4 Å². The average Bonchev–Trinajstić information content (AvgIpc) is 2.63. The molecule has 2 rings (SSSR count). The smallest absolute Gasteiger partial charge is 0.246 e. The summed E-state index contributed by atoms with van der Waals surface area (Å²) in [5.41, 5.74) is 2.69. The van der Waals surface area contributed by atoms with Crippen LogP contribution in [0.1, 0.15) is 39.7 Å². The molecule has 2 aromatic carbocycles. The number of sulfonamides is 1. The standard InChI is InChI=1S/C21H29N3O3S/c1-5-6-17-7-9-18(10-8-17)22-16(4)21(25)23-19-11-13-20(14-12-19)28(26,27)24-15(2)3/h7-16,22,24H,5-6H2,1-4H3,(H,23,25)/t16-/m1/s1. The normalized spacial score (nSPS) is 12.6. The molecule has 28 heavy (non-hydrogen) atoms. The average molecular weight is 404 g/mol. The fourth-order valence-corrected chi connectivity index (χ4v) is 3.97. The second-order valence-corrected chi connectivity index (χ2v) is 8.82. The minimum absolute atomic E-state index is 0.164. The zero-order valence-corrected chi connectivity index (χ0v) is 17.6. The summed E-state index contributed by atoms with van der Waals surface area (Å²) in [6.07, 6.45) is 2.13. The second-order valence-electron chi connectivity index (χ2n) is 7.10. The van der Waals surface area contributed by atoms with Crippen LogP contribution in [0.5, 0.6) is 0 Å². The van der Waals surface area contributed by atoms with Gasteiger partial charge in [0.1, 0.15) is 6.04 Å². The SMILES string of the molecule is CCCc1ccc(N[C@H](C)C(=O)Nc2ccc(S(=O)(=O)NC(C)C)cc2)cc1. The first-order chi connectivity index (χ1) is 13.2. The summed E-state index contributed by atoms with van der Waals surface area (Å²) in [5.74, 6) is -0.200. The first kappa shape index (κ1) is 21.9. The number of carbonyl (C=O) groups excluding carboxylic acids is 1. The van der Waals surface area contributed by atoms with Crippen LogP contribution < -0.4 is 15.4 Å². The zero-order chi connectivity index (χ0) is 20.7. The van der Waals surface area contributed by atoms with Gasteiger partial charge in [-0.05, 0) is 69.2 Å². The summed E-state index contributed by atoms with van der Waals surface area (Å²) in [5, 5.41) is 5.97. The van der Waals surface area contributed by atoms with Crippen molar-refractivity contribution in [2.45, 2.75) is 57.5 Å². The third-order valence-corrected chi connectivity index (χ3v) is 5.77. The van der Waals surface area contributed by atoms with Crippen molar-refractivity contribution >= 4 is 27.3 Å². The molecule has 2 aromatic rings. The van der Waals surface area contributed by atoms with Crippen molar-refractivity contribution in [2.75, 3.05) is 10.6 Å². The number of anilines is 2. The number of hydrogen-bond acceptors (Lipinski definition) is 4. The molecular formula is C21H29N3O3S. The van der Waals surface area contributed by atoms with E-state index >= 15 is 0 Å². The molecule has 1 atom stereocenters. The summed E-state index contributed by atoms with van der Waals surface area (Å²) in [4.78, 5) is 12.6. The van der Waals surface area contributed by atoms with Gasteiger partial charge in [-0.15, -0.1) is 0 Å². The maximum Gasteiger partial charge on any atom is 0.246 e. The van der Waals surface area contributed by atoms with Gasteiger partial charge in [-0.3, -0.25) is 4.79 Å². The number of aryl methyl sites for hydroxylation is 1. The molecule has 0 saturated heterocycles. The summed E-state index contributed by atoms with van der Waals surface area (Å²) < 4.78 is 26.8. The summed E-state index contributed by atoms with van der Waals surface area (Å²) in [6.45, 7) is 7.44. The zero-order valence-electron chi connectivity index (χ0n) is 16.8. The van der Waals surface area contributed by atoms with E-state index in [4.69, 9.17) is 0 Å². The molecule has 0 aliphatic rings. The van der Waals surface area contributed by atoms with Gasteiger partial charge in [-0.1, -0.05) is 25.5 Å². The predicted octanol–water partition coefficient (Wildman–Crippen LogP) is 3.76. The summed E-state index contributed by atoms with van der Waals surface area (Å²) >= 11 is 0. The van der Waals surface area contributed by atoms with E-state index in [1.54, 1.807) is 32.9 Å². The first-order valence-electron chi connectivity index (χ1n) is 9.50. The van der Waals surface area contributed by atoms with Gasteiger partial charge in [0, 0.05) is 17.4 Å². The van der Waals surface area contributed by atoms with Gasteiger partial charge in [0.15, 0.2) is 0 Å². The number of hydrogen-bond donors (Lipinski definition) is 3. The largest absolute Gasteiger partial charge is 0.374 e. The van der Waals surface area contributed by atoms with Gasteiger partial charge in [-0.2, -0.15) is 0 Å². The Bertz CT molecular complexity index is 876. The van der Waals surface area contributed by atoms with Crippen molar-refractivity contribution in [3.05, 3.63) is 54.1 Å². The highest BCUT2D eigenvalue weighted by Gasteiger charge is 2.16. The second kappa shape index (κ2) is 9.71. The molecule has 3 N–H and O–H groups in total. The van der Waals surface area contributed by atoms with Crippen molar-refractivity contribution in [2.24, 2.45) is 0 Å². The van der Waals surface area contributed by atoms with Crippen molar-refractivity contribution in [1.29, 1.82) is 0 Å². The van der Waals surface area contributed by atoms with Gasteiger partial charge < -0.3 is 10.6 Å². The number of nitrogens with one attached hydrogen (secondary N) is 3. The summed E-state index contributed by atoms with van der Waals surface area (Å²) in [7, 11) is -3.54. The molecule has 1 amide bonds. The molecule has 0 fully saturated rings. The first-order valence-corrected chi connectivity index (χ1v) is 11.0. The Hall–Kier alpha value is -2.38. The van der Waals surface area contributed by atoms with E-state index in [1.807, 2.05) is 12.1 Å². The third kappa shape index (κ3) is 6.35. The van der Waals surface area contributed by atoms with Crippen molar-refractivity contribution in [1.82, 2.24) is 4.72 Å². The Labute approximate surface area is 167 Å². The number of carbonyl (C=O) groups is 1. The maximum atomic E-state index is 12.4. The van der Waals surface area contributed by atoms with E-state index in [9.17, 15) is 13.2 Å². The topological polar surface area (TPSA) is 87.3 Å². The minimum Gasteiger partial charge on any atom is -0.374 e. The lowest BCUT2D eigenvalue weighted by atomic mass is 10.1. The highest BCUT2D eigenvalue weighted by Crippen LogP contribution is 2.16. The highest BCUT2D eigenvalue weighted by molar-refractivity contribution is 7.89. The minimum atomic E-state index is -3.54. The Morgan fingerprint density at radius 1 is 0.929 bits per heavy atom. The molecule has 0 radical (unpaired) electrons. The fourth-order valence-electron chi connectivity index (χ4n) is 2.72. The molecule has 0 aliphatic heterocycles. The van der Waals surface area contributed by atoms with E-state index in [1.165, 1.54) is 17.7 Å². The molecule has 0 heterocycles. The molecule has 152 valence electrons. The van der Waals surface area contributed by atoms with E-state index in [0.717, 1.165) is 18.5 Å². The van der Waals surface area contributed by atoms with E-state index in [2.05, 4.69) is 34.4 Å². The van der Waals surface area contributed by atoms with Crippen LogP contribution in [0, 0.1) is 0 Å². The molecule has 6 nitrogen and oxygen atoms in total. The number of benzene rings is 2. The van der Waals surface area contributed by atoms with Crippen molar-refractivity contribution in [3.8, 4) is 0 Å². The Balaban J connectivity index is 1.96. The quantitative estimate of drug-likeness (QED) is 0.595.